The second kappa shape index (κ2) is 7.35. The SMILES string of the molecule is CCNc1nc(N)nc(C)c1/C=C/C(C)(C)c1ccc(C(F)(F)F)cc1. The number of anilines is 2. The van der Waals surface area contributed by atoms with Crippen LogP contribution < -0.4 is 11.1 Å². The number of hydrogen-bond donors (Lipinski definition) is 2. The van der Waals surface area contributed by atoms with Crippen molar-refractivity contribution in [2.45, 2.75) is 39.3 Å². The summed E-state index contributed by atoms with van der Waals surface area (Å²) >= 11 is 0. The van der Waals surface area contributed by atoms with Gasteiger partial charge >= 0.3 is 6.18 Å². The van der Waals surface area contributed by atoms with E-state index in [0.29, 0.717) is 12.4 Å². The van der Waals surface area contributed by atoms with Crippen molar-refractivity contribution in [2.75, 3.05) is 17.6 Å². The van der Waals surface area contributed by atoms with Gasteiger partial charge in [0.25, 0.3) is 0 Å². The molecule has 0 atom stereocenters. The molecule has 1 aromatic carbocycles. The third-order valence-corrected chi connectivity index (χ3v) is 4.12. The highest BCUT2D eigenvalue weighted by Crippen LogP contribution is 2.32. The highest BCUT2D eigenvalue weighted by atomic mass is 19.4. The Morgan fingerprint density at radius 1 is 1.08 bits per heavy atom. The van der Waals surface area contributed by atoms with Gasteiger partial charge in [-0.2, -0.15) is 18.2 Å². The molecule has 1 heterocycles. The molecule has 0 amide bonds. The van der Waals surface area contributed by atoms with Gasteiger partial charge in [0.05, 0.1) is 11.3 Å². The van der Waals surface area contributed by atoms with Crippen molar-refractivity contribution in [1.29, 1.82) is 0 Å². The topological polar surface area (TPSA) is 63.8 Å². The summed E-state index contributed by atoms with van der Waals surface area (Å²) in [5.41, 5.74) is 6.89. The first-order chi connectivity index (χ1) is 12.0. The van der Waals surface area contributed by atoms with Crippen molar-refractivity contribution in [2.24, 2.45) is 0 Å². The van der Waals surface area contributed by atoms with Crippen molar-refractivity contribution in [3.05, 3.63) is 52.7 Å². The van der Waals surface area contributed by atoms with Crippen LogP contribution in [-0.4, -0.2) is 16.5 Å². The van der Waals surface area contributed by atoms with E-state index in [9.17, 15) is 13.2 Å². The summed E-state index contributed by atoms with van der Waals surface area (Å²) in [4.78, 5) is 8.39. The molecule has 0 spiro atoms. The van der Waals surface area contributed by atoms with Crippen LogP contribution in [0.4, 0.5) is 24.9 Å². The first-order valence-corrected chi connectivity index (χ1v) is 8.29. The van der Waals surface area contributed by atoms with Crippen LogP contribution in [-0.2, 0) is 11.6 Å². The maximum Gasteiger partial charge on any atom is 0.416 e. The zero-order valence-corrected chi connectivity index (χ0v) is 15.3. The Kier molecular flexibility index (Phi) is 5.59. The van der Waals surface area contributed by atoms with E-state index in [1.54, 1.807) is 0 Å². The minimum Gasteiger partial charge on any atom is -0.370 e. The Labute approximate surface area is 151 Å². The fourth-order valence-electron chi connectivity index (χ4n) is 2.58. The molecule has 0 radical (unpaired) electrons. The number of benzene rings is 1. The quantitative estimate of drug-likeness (QED) is 0.799. The van der Waals surface area contributed by atoms with Crippen LogP contribution in [0.1, 0.15) is 43.2 Å². The number of aromatic nitrogens is 2. The predicted octanol–water partition coefficient (Wildman–Crippen LogP) is 4.81. The average molecular weight is 364 g/mol. The Bertz CT molecular complexity index is 794. The van der Waals surface area contributed by atoms with E-state index in [-0.39, 0.29) is 5.95 Å². The lowest BCUT2D eigenvalue weighted by Gasteiger charge is -2.22. The van der Waals surface area contributed by atoms with E-state index in [0.717, 1.165) is 29.0 Å². The van der Waals surface area contributed by atoms with E-state index in [2.05, 4.69) is 15.3 Å². The predicted molar refractivity (Wildman–Crippen MR) is 98.8 cm³/mol. The van der Waals surface area contributed by atoms with Gasteiger partial charge in [-0.1, -0.05) is 38.1 Å². The number of hydrogen-bond acceptors (Lipinski definition) is 4. The lowest BCUT2D eigenvalue weighted by molar-refractivity contribution is -0.137. The van der Waals surface area contributed by atoms with E-state index < -0.39 is 17.2 Å². The highest BCUT2D eigenvalue weighted by molar-refractivity contribution is 5.67. The number of nitrogens with zero attached hydrogens (tertiary/aromatic N) is 2. The highest BCUT2D eigenvalue weighted by Gasteiger charge is 2.30. The second-order valence-corrected chi connectivity index (χ2v) is 6.59. The summed E-state index contributed by atoms with van der Waals surface area (Å²) in [6.45, 7) is 8.34. The summed E-state index contributed by atoms with van der Waals surface area (Å²) < 4.78 is 38.2. The monoisotopic (exact) mass is 364 g/mol. The van der Waals surface area contributed by atoms with Crippen molar-refractivity contribution < 1.29 is 13.2 Å². The summed E-state index contributed by atoms with van der Waals surface area (Å²) in [6, 6.07) is 5.22. The molecule has 7 heteroatoms. The van der Waals surface area contributed by atoms with E-state index >= 15 is 0 Å². The minimum atomic E-state index is -4.34. The third kappa shape index (κ3) is 4.53. The lowest BCUT2D eigenvalue weighted by Crippen LogP contribution is -2.14. The van der Waals surface area contributed by atoms with Gasteiger partial charge in [0.1, 0.15) is 5.82 Å². The van der Waals surface area contributed by atoms with Gasteiger partial charge in [0.2, 0.25) is 5.95 Å². The standard InChI is InChI=1S/C19H23F3N4/c1-5-24-16-15(12(2)25-17(23)26-16)10-11-18(3,4)13-6-8-14(9-7-13)19(20,21)22/h6-11H,5H2,1-4H3,(H3,23,24,25,26)/b11-10+. The maximum absolute atomic E-state index is 12.7. The van der Waals surface area contributed by atoms with Crippen LogP contribution in [0.2, 0.25) is 0 Å². The van der Waals surface area contributed by atoms with Crippen LogP contribution >= 0.6 is 0 Å². The Morgan fingerprint density at radius 2 is 1.65 bits per heavy atom. The van der Waals surface area contributed by atoms with Gasteiger partial charge in [-0.3, -0.25) is 0 Å². The van der Waals surface area contributed by atoms with Crippen LogP contribution in [0.25, 0.3) is 6.08 Å². The number of alkyl halides is 3. The van der Waals surface area contributed by atoms with Crippen LogP contribution in [0, 0.1) is 6.92 Å². The maximum atomic E-state index is 12.7. The van der Waals surface area contributed by atoms with Gasteiger partial charge < -0.3 is 11.1 Å². The molecule has 1 aromatic heterocycles. The molecular formula is C19H23F3N4. The van der Waals surface area contributed by atoms with Gasteiger partial charge in [-0.05, 0) is 31.5 Å². The van der Waals surface area contributed by atoms with Gasteiger partial charge in [-0.25, -0.2) is 4.98 Å². The Balaban J connectivity index is 2.34. The molecular weight excluding hydrogens is 341 g/mol. The summed E-state index contributed by atoms with van der Waals surface area (Å²) in [5.74, 6) is 0.828. The van der Waals surface area contributed by atoms with Crippen LogP contribution in [0.3, 0.4) is 0 Å². The number of nitrogen functional groups attached to an aromatic ring is 1. The van der Waals surface area contributed by atoms with Crippen molar-refractivity contribution in [3.8, 4) is 0 Å². The molecule has 26 heavy (non-hydrogen) atoms. The molecule has 0 unspecified atom stereocenters. The number of aryl methyl sites for hydroxylation is 1. The van der Waals surface area contributed by atoms with E-state index in [4.69, 9.17) is 5.73 Å². The Hall–Kier alpha value is -2.57. The fraction of sp³-hybridized carbons (Fsp3) is 0.368. The van der Waals surface area contributed by atoms with Gasteiger partial charge in [0, 0.05) is 17.5 Å². The third-order valence-electron chi connectivity index (χ3n) is 4.12. The number of halogens is 3. The first kappa shape index (κ1) is 19.8. The smallest absolute Gasteiger partial charge is 0.370 e. The van der Waals surface area contributed by atoms with Gasteiger partial charge in [0.15, 0.2) is 0 Å². The molecule has 0 fully saturated rings. The molecule has 3 N–H and O–H groups in total. The number of nitrogens with two attached hydrogens (primary N) is 1. The zero-order chi connectivity index (χ0) is 19.5. The molecule has 0 saturated carbocycles. The second-order valence-electron chi connectivity index (χ2n) is 6.59. The molecule has 0 saturated heterocycles. The van der Waals surface area contributed by atoms with Crippen LogP contribution in [0.15, 0.2) is 30.3 Å². The van der Waals surface area contributed by atoms with Crippen LogP contribution in [0.5, 0.6) is 0 Å². The average Bonchev–Trinajstić information content (AvgIpc) is 2.53. The molecule has 2 rings (SSSR count). The normalized spacial score (nSPS) is 12.6. The van der Waals surface area contributed by atoms with E-state index in [1.165, 1.54) is 12.1 Å². The molecule has 0 aliphatic rings. The summed E-state index contributed by atoms with van der Waals surface area (Å²) in [5, 5.41) is 3.15. The molecule has 4 nitrogen and oxygen atoms in total. The first-order valence-electron chi connectivity index (χ1n) is 8.29. The molecule has 0 bridgehead atoms. The summed E-state index contributed by atoms with van der Waals surface area (Å²) in [7, 11) is 0. The largest absolute Gasteiger partial charge is 0.416 e. The Morgan fingerprint density at radius 3 is 2.19 bits per heavy atom. The molecule has 0 aliphatic heterocycles. The minimum absolute atomic E-state index is 0.192. The molecule has 2 aromatic rings. The van der Waals surface area contributed by atoms with Crippen molar-refractivity contribution in [1.82, 2.24) is 9.97 Å². The number of allylic oxidation sites excluding steroid dienone is 1. The number of nitrogens with one attached hydrogen (secondary N) is 1. The van der Waals surface area contributed by atoms with Gasteiger partial charge in [-0.15, -0.1) is 0 Å². The van der Waals surface area contributed by atoms with Crippen molar-refractivity contribution in [3.63, 3.8) is 0 Å². The lowest BCUT2D eigenvalue weighted by atomic mass is 9.83. The van der Waals surface area contributed by atoms with Crippen molar-refractivity contribution >= 4 is 17.8 Å². The zero-order valence-electron chi connectivity index (χ0n) is 15.3. The van der Waals surface area contributed by atoms with E-state index in [1.807, 2.05) is 39.8 Å². The molecule has 0 aliphatic carbocycles. The fourth-order valence-corrected chi connectivity index (χ4v) is 2.58. The molecule has 140 valence electrons. The number of rotatable bonds is 5. The summed E-state index contributed by atoms with van der Waals surface area (Å²) in [6.07, 6.45) is -0.527.